The van der Waals surface area contributed by atoms with Crippen LogP contribution in [0.5, 0.6) is 0 Å². The predicted molar refractivity (Wildman–Crippen MR) is 73.8 cm³/mol. The monoisotopic (exact) mass is 315 g/mol. The van der Waals surface area contributed by atoms with Crippen molar-refractivity contribution < 1.29 is 27.5 Å². The van der Waals surface area contributed by atoms with Crippen LogP contribution in [0.1, 0.15) is 25.5 Å². The van der Waals surface area contributed by atoms with Gasteiger partial charge in [-0.05, 0) is 19.4 Å². The Kier molecular flexibility index (Phi) is 6.15. The Morgan fingerprint density at radius 3 is 2.36 bits per heavy atom. The predicted octanol–water partition coefficient (Wildman–Crippen LogP) is 2.92. The largest absolute Gasteiger partial charge is 0.464 e. The summed E-state index contributed by atoms with van der Waals surface area (Å²) in [7, 11) is 0. The molecule has 1 aromatic rings. The normalized spacial score (nSPS) is 13.4. The van der Waals surface area contributed by atoms with Crippen molar-refractivity contribution in [3.05, 3.63) is 47.7 Å². The molecular formula is C15H16F3NO3. The Morgan fingerprint density at radius 1 is 1.27 bits per heavy atom. The van der Waals surface area contributed by atoms with Crippen LogP contribution >= 0.6 is 0 Å². The molecule has 0 bridgehead atoms. The van der Waals surface area contributed by atoms with Crippen molar-refractivity contribution in [3.8, 4) is 0 Å². The van der Waals surface area contributed by atoms with Gasteiger partial charge >= 0.3 is 12.1 Å². The van der Waals surface area contributed by atoms with Crippen LogP contribution in [0.15, 0.2) is 42.1 Å². The summed E-state index contributed by atoms with van der Waals surface area (Å²) in [6.07, 6.45) is -4.54. The number of hydrogen-bond acceptors (Lipinski definition) is 4. The van der Waals surface area contributed by atoms with Gasteiger partial charge in [0, 0.05) is 11.8 Å². The van der Waals surface area contributed by atoms with Gasteiger partial charge in [-0.1, -0.05) is 30.3 Å². The molecule has 0 aliphatic heterocycles. The molecule has 0 amide bonds. The molecule has 0 fully saturated rings. The summed E-state index contributed by atoms with van der Waals surface area (Å²) < 4.78 is 41.6. The van der Waals surface area contributed by atoms with Gasteiger partial charge in [0.25, 0.3) is 5.78 Å². The second kappa shape index (κ2) is 7.63. The Hall–Kier alpha value is -2.31. The third-order valence-electron chi connectivity index (χ3n) is 2.65. The number of carbonyl (C=O) groups excluding carboxylic acids is 2. The summed E-state index contributed by atoms with van der Waals surface area (Å²) >= 11 is 0. The lowest BCUT2D eigenvalue weighted by Crippen LogP contribution is -2.30. The molecule has 120 valence electrons. The SMILES string of the molecule is CCOC(=O)C(N/C(C)=C\C(=O)C(F)(F)F)c1ccccc1. The van der Waals surface area contributed by atoms with Crippen LogP contribution in [0.4, 0.5) is 13.2 Å². The molecule has 22 heavy (non-hydrogen) atoms. The zero-order chi connectivity index (χ0) is 16.8. The van der Waals surface area contributed by atoms with Crippen molar-refractivity contribution >= 4 is 11.8 Å². The highest BCUT2D eigenvalue weighted by molar-refractivity contribution is 5.94. The molecule has 0 saturated heterocycles. The lowest BCUT2D eigenvalue weighted by Gasteiger charge is -2.19. The first-order chi connectivity index (χ1) is 10.3. The van der Waals surface area contributed by atoms with Crippen LogP contribution in [0.25, 0.3) is 0 Å². The minimum Gasteiger partial charge on any atom is -0.464 e. The van der Waals surface area contributed by atoms with Crippen LogP contribution < -0.4 is 5.32 Å². The molecule has 7 heteroatoms. The number of benzene rings is 1. The fourth-order valence-electron chi connectivity index (χ4n) is 1.70. The number of alkyl halides is 3. The van der Waals surface area contributed by atoms with E-state index in [1.165, 1.54) is 6.92 Å². The maximum absolute atomic E-state index is 12.2. The maximum Gasteiger partial charge on any atom is 0.454 e. The van der Waals surface area contributed by atoms with Crippen LogP contribution in [0.3, 0.4) is 0 Å². The third kappa shape index (κ3) is 5.23. The van der Waals surface area contributed by atoms with E-state index >= 15 is 0 Å². The van der Waals surface area contributed by atoms with Crippen molar-refractivity contribution in [2.24, 2.45) is 0 Å². The Labute approximate surface area is 126 Å². The topological polar surface area (TPSA) is 55.4 Å². The van der Waals surface area contributed by atoms with E-state index in [0.29, 0.717) is 11.6 Å². The van der Waals surface area contributed by atoms with Crippen LogP contribution in [-0.2, 0) is 14.3 Å². The number of ketones is 1. The van der Waals surface area contributed by atoms with E-state index in [-0.39, 0.29) is 12.3 Å². The Balaban J connectivity index is 2.97. The molecule has 0 radical (unpaired) electrons. The van der Waals surface area contributed by atoms with Crippen molar-refractivity contribution in [2.45, 2.75) is 26.1 Å². The molecule has 1 aromatic carbocycles. The minimum absolute atomic E-state index is 0.0794. The zero-order valence-corrected chi connectivity index (χ0v) is 12.1. The number of esters is 1. The highest BCUT2D eigenvalue weighted by atomic mass is 19.4. The molecule has 0 aromatic heterocycles. The Morgan fingerprint density at radius 2 is 1.86 bits per heavy atom. The van der Waals surface area contributed by atoms with Crippen molar-refractivity contribution in [1.82, 2.24) is 5.32 Å². The van der Waals surface area contributed by atoms with E-state index in [4.69, 9.17) is 4.74 Å². The quantitative estimate of drug-likeness (QED) is 0.648. The number of ether oxygens (including phenoxy) is 1. The molecule has 0 spiro atoms. The summed E-state index contributed by atoms with van der Waals surface area (Å²) in [5.74, 6) is -2.63. The fraction of sp³-hybridized carbons (Fsp3) is 0.333. The van der Waals surface area contributed by atoms with Gasteiger partial charge in [0.2, 0.25) is 0 Å². The first kappa shape index (κ1) is 17.7. The maximum atomic E-state index is 12.2. The molecule has 0 heterocycles. The molecule has 1 rings (SSSR count). The van der Waals surface area contributed by atoms with E-state index in [0.717, 1.165) is 0 Å². The molecular weight excluding hydrogens is 299 g/mol. The van der Waals surface area contributed by atoms with E-state index in [1.807, 2.05) is 0 Å². The molecule has 1 N–H and O–H groups in total. The standard InChI is InChI=1S/C15H16F3NO3/c1-3-22-14(21)13(11-7-5-4-6-8-11)19-10(2)9-12(20)15(16,17)18/h4-9,13,19H,3H2,1-2H3/b10-9-. The number of halogens is 3. The van der Waals surface area contributed by atoms with Gasteiger partial charge in [-0.25, -0.2) is 4.79 Å². The summed E-state index contributed by atoms with van der Waals surface area (Å²) in [6.45, 7) is 3.03. The van der Waals surface area contributed by atoms with Gasteiger partial charge in [0.15, 0.2) is 6.04 Å². The zero-order valence-electron chi connectivity index (χ0n) is 12.1. The number of carbonyl (C=O) groups is 2. The van der Waals surface area contributed by atoms with E-state index in [1.54, 1.807) is 37.3 Å². The molecule has 0 aliphatic rings. The lowest BCUT2D eigenvalue weighted by atomic mass is 10.1. The van der Waals surface area contributed by atoms with Crippen molar-refractivity contribution in [3.63, 3.8) is 0 Å². The summed E-state index contributed by atoms with van der Waals surface area (Å²) in [6, 6.07) is 7.38. The molecule has 0 saturated carbocycles. The van der Waals surface area contributed by atoms with E-state index in [2.05, 4.69) is 5.32 Å². The third-order valence-corrected chi connectivity index (χ3v) is 2.65. The second-order valence-electron chi connectivity index (χ2n) is 4.43. The van der Waals surface area contributed by atoms with Crippen LogP contribution in [0.2, 0.25) is 0 Å². The van der Waals surface area contributed by atoms with Crippen molar-refractivity contribution in [1.29, 1.82) is 0 Å². The van der Waals surface area contributed by atoms with Gasteiger partial charge in [-0.15, -0.1) is 0 Å². The molecule has 1 unspecified atom stereocenters. The highest BCUT2D eigenvalue weighted by Crippen LogP contribution is 2.19. The van der Waals surface area contributed by atoms with Gasteiger partial charge < -0.3 is 10.1 Å². The first-order valence-corrected chi connectivity index (χ1v) is 6.53. The average Bonchev–Trinajstić information content (AvgIpc) is 2.44. The number of nitrogens with one attached hydrogen (secondary N) is 1. The van der Waals surface area contributed by atoms with Gasteiger partial charge in [-0.2, -0.15) is 13.2 Å². The van der Waals surface area contributed by atoms with Crippen LogP contribution in [-0.4, -0.2) is 24.5 Å². The minimum atomic E-state index is -4.95. The average molecular weight is 315 g/mol. The molecule has 0 aliphatic carbocycles. The number of hydrogen-bond donors (Lipinski definition) is 1. The first-order valence-electron chi connectivity index (χ1n) is 6.53. The summed E-state index contributed by atoms with van der Waals surface area (Å²) in [5, 5.41) is 2.59. The van der Waals surface area contributed by atoms with Gasteiger partial charge in [0.05, 0.1) is 6.61 Å². The molecule has 1 atom stereocenters. The van der Waals surface area contributed by atoms with Gasteiger partial charge in [0.1, 0.15) is 0 Å². The highest BCUT2D eigenvalue weighted by Gasteiger charge is 2.36. The van der Waals surface area contributed by atoms with E-state index < -0.39 is 24.0 Å². The Bertz CT molecular complexity index is 553. The van der Waals surface area contributed by atoms with Crippen molar-refractivity contribution in [2.75, 3.05) is 6.61 Å². The fourth-order valence-corrected chi connectivity index (χ4v) is 1.70. The van der Waals surface area contributed by atoms with Crippen LogP contribution in [0, 0.1) is 0 Å². The number of allylic oxidation sites excluding steroid dienone is 2. The summed E-state index contributed by atoms with van der Waals surface area (Å²) in [4.78, 5) is 22.9. The lowest BCUT2D eigenvalue weighted by molar-refractivity contribution is -0.165. The summed E-state index contributed by atoms with van der Waals surface area (Å²) in [5.41, 5.74) is 0.442. The number of rotatable bonds is 6. The smallest absolute Gasteiger partial charge is 0.454 e. The molecule has 4 nitrogen and oxygen atoms in total. The second-order valence-corrected chi connectivity index (χ2v) is 4.43. The van der Waals surface area contributed by atoms with Gasteiger partial charge in [-0.3, -0.25) is 4.79 Å². The van der Waals surface area contributed by atoms with E-state index in [9.17, 15) is 22.8 Å².